The summed E-state index contributed by atoms with van der Waals surface area (Å²) in [5.74, 6) is -0.299. The summed E-state index contributed by atoms with van der Waals surface area (Å²) in [6, 6.07) is 4.22. The molecule has 3 aromatic rings. The molecule has 0 aliphatic carbocycles. The lowest BCUT2D eigenvalue weighted by atomic mass is 10.2. The number of nitro groups is 1. The smallest absolute Gasteiger partial charge is 0.277 e. The highest BCUT2D eigenvalue weighted by Gasteiger charge is 2.15. The summed E-state index contributed by atoms with van der Waals surface area (Å²) in [6.45, 7) is 0. The number of H-pyrrole nitrogens is 1. The number of carbonyl (C=O) groups is 1. The first kappa shape index (κ1) is 12.7. The number of hydrogen-bond donors (Lipinski definition) is 2. The van der Waals surface area contributed by atoms with Crippen LogP contribution in [-0.2, 0) is 0 Å². The molecule has 0 atom stereocenters. The van der Waals surface area contributed by atoms with Crippen molar-refractivity contribution in [2.75, 3.05) is 5.32 Å². The molecule has 1 aromatic carbocycles. The maximum Gasteiger partial charge on any atom is 0.277 e. The van der Waals surface area contributed by atoms with Crippen LogP contribution in [0.2, 0.25) is 0 Å². The quantitative estimate of drug-likeness (QED) is 0.554. The zero-order valence-electron chi connectivity index (χ0n) is 10.5. The normalized spacial score (nSPS) is 10.5. The van der Waals surface area contributed by atoms with Gasteiger partial charge in [-0.2, -0.15) is 5.10 Å². The van der Waals surface area contributed by atoms with E-state index in [0.29, 0.717) is 10.9 Å². The Morgan fingerprint density at radius 2 is 2.19 bits per heavy atom. The number of benzene rings is 1. The van der Waals surface area contributed by atoms with Crippen molar-refractivity contribution in [3.8, 4) is 0 Å². The van der Waals surface area contributed by atoms with Crippen LogP contribution in [0.4, 0.5) is 11.5 Å². The zero-order valence-corrected chi connectivity index (χ0v) is 10.5. The minimum absolute atomic E-state index is 0.0844. The van der Waals surface area contributed by atoms with Crippen LogP contribution in [0, 0.1) is 10.1 Å². The fourth-order valence-electron chi connectivity index (χ4n) is 1.80. The van der Waals surface area contributed by atoms with Crippen molar-refractivity contribution >= 4 is 28.3 Å². The average Bonchev–Trinajstić information content (AvgIpc) is 2.90. The fraction of sp³-hybridized carbons (Fsp3) is 0. The van der Waals surface area contributed by atoms with Crippen molar-refractivity contribution in [1.82, 2.24) is 20.2 Å². The van der Waals surface area contributed by atoms with Crippen molar-refractivity contribution in [2.45, 2.75) is 0 Å². The predicted molar refractivity (Wildman–Crippen MR) is 72.7 cm³/mol. The van der Waals surface area contributed by atoms with E-state index in [1.54, 1.807) is 0 Å². The van der Waals surface area contributed by atoms with E-state index in [0.717, 1.165) is 0 Å². The molecule has 0 unspecified atom stereocenters. The van der Waals surface area contributed by atoms with Crippen molar-refractivity contribution in [3.05, 3.63) is 52.6 Å². The topological polar surface area (TPSA) is 127 Å². The van der Waals surface area contributed by atoms with Gasteiger partial charge in [0, 0.05) is 24.5 Å². The highest BCUT2D eigenvalue weighted by Crippen LogP contribution is 2.25. The molecular formula is C12H8N6O3. The van der Waals surface area contributed by atoms with E-state index in [1.165, 1.54) is 36.8 Å². The molecule has 0 aliphatic heterocycles. The Bertz CT molecular complexity index is 829. The number of hydrogen-bond acceptors (Lipinski definition) is 6. The number of nitrogens with zero attached hydrogens (tertiary/aromatic N) is 4. The van der Waals surface area contributed by atoms with Gasteiger partial charge in [0.25, 0.3) is 11.6 Å². The molecular weight excluding hydrogens is 276 g/mol. The van der Waals surface area contributed by atoms with Gasteiger partial charge < -0.3 is 5.32 Å². The number of non-ortho nitro benzene ring substituents is 1. The Morgan fingerprint density at radius 3 is 2.90 bits per heavy atom. The van der Waals surface area contributed by atoms with Crippen LogP contribution in [0.1, 0.15) is 10.5 Å². The van der Waals surface area contributed by atoms with Crippen LogP contribution in [0.3, 0.4) is 0 Å². The largest absolute Gasteiger partial charge is 0.303 e. The molecule has 2 aromatic heterocycles. The molecule has 9 heteroatoms. The summed E-state index contributed by atoms with van der Waals surface area (Å²) < 4.78 is 0. The molecule has 0 aliphatic rings. The third-order valence-corrected chi connectivity index (χ3v) is 2.78. The zero-order chi connectivity index (χ0) is 14.8. The molecule has 0 saturated heterocycles. The van der Waals surface area contributed by atoms with E-state index in [9.17, 15) is 14.9 Å². The molecule has 3 rings (SSSR count). The van der Waals surface area contributed by atoms with Crippen molar-refractivity contribution in [3.63, 3.8) is 0 Å². The third kappa shape index (κ3) is 2.39. The Labute approximate surface area is 117 Å². The maximum absolute atomic E-state index is 12.0. The first-order valence-corrected chi connectivity index (χ1v) is 5.85. The number of aromatic nitrogens is 4. The molecule has 1 amide bonds. The van der Waals surface area contributed by atoms with Crippen LogP contribution in [-0.4, -0.2) is 31.0 Å². The van der Waals surface area contributed by atoms with Crippen LogP contribution in [0.15, 0.2) is 36.8 Å². The van der Waals surface area contributed by atoms with Crippen LogP contribution in [0.25, 0.3) is 10.9 Å². The number of carbonyl (C=O) groups excluding carboxylic acids is 1. The lowest BCUT2D eigenvalue weighted by Crippen LogP contribution is -2.14. The third-order valence-electron chi connectivity index (χ3n) is 2.78. The van der Waals surface area contributed by atoms with E-state index in [2.05, 4.69) is 25.5 Å². The second-order valence-electron chi connectivity index (χ2n) is 4.10. The number of aromatic amines is 1. The number of nitro benzene ring substituents is 1. The standard InChI is InChI=1S/C12H8N6O3/c19-12(10-6-13-3-4-14-10)15-11-8-5-7(18(20)21)1-2-9(8)16-17-11/h1-6H,(H2,15,16,17,19). The van der Waals surface area contributed by atoms with Crippen LogP contribution in [0.5, 0.6) is 0 Å². The van der Waals surface area contributed by atoms with Gasteiger partial charge in [0.05, 0.1) is 22.0 Å². The highest BCUT2D eigenvalue weighted by atomic mass is 16.6. The van der Waals surface area contributed by atoms with E-state index in [-0.39, 0.29) is 17.2 Å². The van der Waals surface area contributed by atoms with Crippen molar-refractivity contribution < 1.29 is 9.72 Å². The second-order valence-corrected chi connectivity index (χ2v) is 4.10. The van der Waals surface area contributed by atoms with Gasteiger partial charge in [-0.3, -0.25) is 25.0 Å². The molecule has 9 nitrogen and oxygen atoms in total. The van der Waals surface area contributed by atoms with Gasteiger partial charge in [0.2, 0.25) is 0 Å². The number of fused-ring (bicyclic) bond motifs is 1. The molecule has 0 bridgehead atoms. The summed E-state index contributed by atoms with van der Waals surface area (Å²) in [4.78, 5) is 29.9. The lowest BCUT2D eigenvalue weighted by Gasteiger charge is -2.01. The van der Waals surface area contributed by atoms with Crippen LogP contribution >= 0.6 is 0 Å². The minimum Gasteiger partial charge on any atom is -0.303 e. The SMILES string of the molecule is O=C(Nc1n[nH]c2ccc([N+](=O)[O-])cc12)c1cnccn1. The number of anilines is 1. The van der Waals surface area contributed by atoms with Gasteiger partial charge in [-0.05, 0) is 6.07 Å². The van der Waals surface area contributed by atoms with Gasteiger partial charge in [0.1, 0.15) is 5.69 Å². The van der Waals surface area contributed by atoms with Gasteiger partial charge in [0.15, 0.2) is 5.82 Å². The van der Waals surface area contributed by atoms with Gasteiger partial charge >= 0.3 is 0 Å². The molecule has 0 spiro atoms. The van der Waals surface area contributed by atoms with E-state index in [4.69, 9.17) is 0 Å². The summed E-state index contributed by atoms with van der Waals surface area (Å²) in [5, 5.41) is 20.4. The number of amides is 1. The van der Waals surface area contributed by atoms with E-state index < -0.39 is 10.8 Å². The summed E-state index contributed by atoms with van der Waals surface area (Å²) in [6.07, 6.45) is 4.15. The van der Waals surface area contributed by atoms with E-state index in [1.807, 2.05) is 0 Å². The summed E-state index contributed by atoms with van der Waals surface area (Å²) in [5.41, 5.74) is 0.619. The molecule has 0 radical (unpaired) electrons. The van der Waals surface area contributed by atoms with Crippen LogP contribution < -0.4 is 5.32 Å². The second kappa shape index (κ2) is 4.96. The Hall–Kier alpha value is -3.36. The predicted octanol–water partition coefficient (Wildman–Crippen LogP) is 1.51. The molecule has 21 heavy (non-hydrogen) atoms. The van der Waals surface area contributed by atoms with Crippen molar-refractivity contribution in [2.24, 2.45) is 0 Å². The Kier molecular flexibility index (Phi) is 2.99. The molecule has 2 N–H and O–H groups in total. The molecule has 2 heterocycles. The van der Waals surface area contributed by atoms with Gasteiger partial charge in [-0.15, -0.1) is 0 Å². The average molecular weight is 284 g/mol. The lowest BCUT2D eigenvalue weighted by molar-refractivity contribution is -0.384. The fourth-order valence-corrected chi connectivity index (χ4v) is 1.80. The van der Waals surface area contributed by atoms with Crippen molar-refractivity contribution in [1.29, 1.82) is 0 Å². The number of nitrogens with one attached hydrogen (secondary N) is 2. The molecule has 104 valence electrons. The molecule has 0 saturated carbocycles. The minimum atomic E-state index is -0.513. The van der Waals surface area contributed by atoms with Gasteiger partial charge in [-0.25, -0.2) is 4.98 Å². The monoisotopic (exact) mass is 284 g/mol. The summed E-state index contributed by atoms with van der Waals surface area (Å²) >= 11 is 0. The Balaban J connectivity index is 1.95. The molecule has 0 fully saturated rings. The first-order chi connectivity index (χ1) is 10.1. The van der Waals surface area contributed by atoms with Gasteiger partial charge in [-0.1, -0.05) is 0 Å². The first-order valence-electron chi connectivity index (χ1n) is 5.85. The highest BCUT2D eigenvalue weighted by molar-refractivity contribution is 6.06. The van der Waals surface area contributed by atoms with E-state index >= 15 is 0 Å². The number of rotatable bonds is 3. The Morgan fingerprint density at radius 1 is 1.33 bits per heavy atom. The summed E-state index contributed by atoms with van der Waals surface area (Å²) in [7, 11) is 0. The maximum atomic E-state index is 12.0.